The minimum atomic E-state index is -1.31. The van der Waals surface area contributed by atoms with E-state index in [0.29, 0.717) is 5.02 Å². The number of nitrogens with one attached hydrogen (secondary N) is 1. The summed E-state index contributed by atoms with van der Waals surface area (Å²) in [7, 11) is 0. The highest BCUT2D eigenvalue weighted by molar-refractivity contribution is 6.30. The second-order valence-electron chi connectivity index (χ2n) is 9.33. The second-order valence-corrected chi connectivity index (χ2v) is 9.77. The van der Waals surface area contributed by atoms with Crippen LogP contribution in [0.2, 0.25) is 5.02 Å². The summed E-state index contributed by atoms with van der Waals surface area (Å²) in [6, 6.07) is 27.0. The molecular formula is C29H25ClN4O5. The Kier molecular flexibility index (Phi) is 6.76. The van der Waals surface area contributed by atoms with Crippen LogP contribution in [0.4, 0.5) is 0 Å². The molecule has 39 heavy (non-hydrogen) atoms. The molecule has 0 bridgehead atoms. The number of aliphatic hydroxyl groups excluding tert-OH is 2. The van der Waals surface area contributed by atoms with E-state index in [1.54, 1.807) is 12.1 Å². The van der Waals surface area contributed by atoms with Crippen molar-refractivity contribution in [2.45, 2.75) is 30.1 Å². The number of aromatic nitrogens is 4. The van der Waals surface area contributed by atoms with Crippen molar-refractivity contribution in [1.29, 1.82) is 0 Å². The zero-order valence-corrected chi connectivity index (χ0v) is 21.3. The van der Waals surface area contributed by atoms with Crippen LogP contribution in [0, 0.1) is 0 Å². The van der Waals surface area contributed by atoms with Gasteiger partial charge in [0.15, 0.2) is 17.4 Å². The quantitative estimate of drug-likeness (QED) is 0.268. The molecule has 1 fully saturated rings. The molecule has 5 aromatic rings. The molecule has 0 radical (unpaired) electrons. The first-order chi connectivity index (χ1) is 19.0. The maximum absolute atomic E-state index is 12.1. The van der Waals surface area contributed by atoms with Crippen LogP contribution in [-0.2, 0) is 15.1 Å². The van der Waals surface area contributed by atoms with Crippen LogP contribution in [0.3, 0.4) is 0 Å². The molecule has 198 valence electrons. The molecule has 3 N–H and O–H groups in total. The number of hydrogen-bond acceptors (Lipinski definition) is 7. The number of aliphatic hydroxyl groups is 2. The Hall–Kier alpha value is -3.86. The minimum absolute atomic E-state index is 0.0677. The smallest absolute Gasteiger partial charge is 0.278 e. The molecule has 0 amide bonds. The first-order valence-corrected chi connectivity index (χ1v) is 12.8. The standard InChI is InChI=1S/C29H25ClN4O5/c30-21-13-11-20(12-14-21)29(18-7-3-1-4-8-18,19-9-5-2-6-10-19)38-15-22-24(35)25(36)28(39-22)34-17-33-23-26(34)31-16-32-27(23)37/h1-14,16-17,22,24-25,28,35-36H,15H2,(H,31,32,37)/t22-,24-,25-,28-/m1/s1. The Morgan fingerprint density at radius 2 is 1.51 bits per heavy atom. The average molecular weight is 545 g/mol. The Morgan fingerprint density at radius 3 is 2.15 bits per heavy atom. The summed E-state index contributed by atoms with van der Waals surface area (Å²) in [5.74, 6) is 0. The van der Waals surface area contributed by atoms with Gasteiger partial charge in [0.1, 0.15) is 23.9 Å². The summed E-state index contributed by atoms with van der Waals surface area (Å²) in [5.41, 5.74) is 1.43. The van der Waals surface area contributed by atoms with Gasteiger partial charge in [0.25, 0.3) is 5.56 Å². The number of imidazole rings is 1. The number of halogens is 1. The lowest BCUT2D eigenvalue weighted by molar-refractivity contribution is -0.0942. The van der Waals surface area contributed by atoms with Crippen molar-refractivity contribution >= 4 is 22.8 Å². The molecule has 1 aliphatic rings. The molecular weight excluding hydrogens is 520 g/mol. The second kappa shape index (κ2) is 10.4. The summed E-state index contributed by atoms with van der Waals surface area (Å²) >= 11 is 6.23. The van der Waals surface area contributed by atoms with Gasteiger partial charge in [-0.1, -0.05) is 84.4 Å². The molecule has 6 rings (SSSR count). The lowest BCUT2D eigenvalue weighted by Crippen LogP contribution is -2.39. The lowest BCUT2D eigenvalue weighted by atomic mass is 9.80. The fourth-order valence-electron chi connectivity index (χ4n) is 5.13. The highest BCUT2D eigenvalue weighted by Crippen LogP contribution is 2.42. The molecule has 0 unspecified atom stereocenters. The Balaban J connectivity index is 1.38. The van der Waals surface area contributed by atoms with Crippen LogP contribution in [-0.4, -0.2) is 54.7 Å². The molecule has 0 saturated carbocycles. The largest absolute Gasteiger partial charge is 0.387 e. The Bertz CT molecular complexity index is 1590. The van der Waals surface area contributed by atoms with Gasteiger partial charge in [0, 0.05) is 5.02 Å². The summed E-state index contributed by atoms with van der Waals surface area (Å²) < 4.78 is 14.3. The number of ether oxygens (including phenoxy) is 2. The molecule has 9 nitrogen and oxygen atoms in total. The van der Waals surface area contributed by atoms with Crippen molar-refractivity contribution < 1.29 is 19.7 Å². The van der Waals surface area contributed by atoms with Crippen LogP contribution < -0.4 is 5.56 Å². The van der Waals surface area contributed by atoms with Crippen LogP contribution in [0.15, 0.2) is 102 Å². The van der Waals surface area contributed by atoms with Crippen molar-refractivity contribution in [1.82, 2.24) is 19.5 Å². The van der Waals surface area contributed by atoms with Gasteiger partial charge in [-0.3, -0.25) is 9.36 Å². The van der Waals surface area contributed by atoms with E-state index in [9.17, 15) is 15.0 Å². The zero-order chi connectivity index (χ0) is 27.0. The third kappa shape index (κ3) is 4.44. The van der Waals surface area contributed by atoms with Crippen LogP contribution in [0.1, 0.15) is 22.9 Å². The normalized spacial score (nSPS) is 21.4. The van der Waals surface area contributed by atoms with E-state index in [2.05, 4.69) is 15.0 Å². The van der Waals surface area contributed by atoms with Gasteiger partial charge in [-0.25, -0.2) is 9.97 Å². The van der Waals surface area contributed by atoms with E-state index in [-0.39, 0.29) is 17.8 Å². The van der Waals surface area contributed by atoms with Gasteiger partial charge in [0.2, 0.25) is 0 Å². The first-order valence-electron chi connectivity index (χ1n) is 12.4. The third-order valence-corrected chi connectivity index (χ3v) is 7.30. The number of nitrogens with zero attached hydrogens (tertiary/aromatic N) is 3. The number of aromatic amines is 1. The minimum Gasteiger partial charge on any atom is -0.387 e. The fraction of sp³-hybridized carbons (Fsp3) is 0.207. The summed E-state index contributed by atoms with van der Waals surface area (Å²) in [6.45, 7) is -0.0677. The van der Waals surface area contributed by atoms with Crippen LogP contribution in [0.5, 0.6) is 0 Å². The Morgan fingerprint density at radius 1 is 0.897 bits per heavy atom. The predicted molar refractivity (Wildman–Crippen MR) is 144 cm³/mol. The molecule has 2 aromatic heterocycles. The fourth-order valence-corrected chi connectivity index (χ4v) is 5.26. The number of hydrogen-bond donors (Lipinski definition) is 3. The van der Waals surface area contributed by atoms with Gasteiger partial charge >= 0.3 is 0 Å². The average Bonchev–Trinajstić information content (AvgIpc) is 3.52. The Labute approximate surface area is 228 Å². The molecule has 1 saturated heterocycles. The van der Waals surface area contributed by atoms with E-state index in [1.165, 1.54) is 17.2 Å². The number of rotatable bonds is 7. The molecule has 10 heteroatoms. The van der Waals surface area contributed by atoms with Crippen molar-refractivity contribution in [3.8, 4) is 0 Å². The molecule has 1 aliphatic heterocycles. The molecule has 4 atom stereocenters. The topological polar surface area (TPSA) is 122 Å². The van der Waals surface area contributed by atoms with E-state index >= 15 is 0 Å². The molecule has 3 heterocycles. The SMILES string of the molecule is O=c1[nH]cnc2c1ncn2[C@@H]1O[C@H](COC(c2ccccc2)(c2ccccc2)c2ccc(Cl)cc2)[C@@H](O)[C@H]1O. The number of fused-ring (bicyclic) bond motifs is 1. The first kappa shape index (κ1) is 25.4. The van der Waals surface area contributed by atoms with Crippen molar-refractivity contribution in [3.63, 3.8) is 0 Å². The third-order valence-electron chi connectivity index (χ3n) is 7.05. The van der Waals surface area contributed by atoms with Gasteiger partial charge < -0.3 is 24.7 Å². The monoisotopic (exact) mass is 544 g/mol. The van der Waals surface area contributed by atoms with Crippen LogP contribution in [0.25, 0.3) is 11.2 Å². The van der Waals surface area contributed by atoms with Crippen molar-refractivity contribution in [2.24, 2.45) is 0 Å². The van der Waals surface area contributed by atoms with Gasteiger partial charge in [-0.2, -0.15) is 0 Å². The maximum Gasteiger partial charge on any atom is 0.278 e. The van der Waals surface area contributed by atoms with Crippen molar-refractivity contribution in [2.75, 3.05) is 6.61 Å². The van der Waals surface area contributed by atoms with E-state index < -0.39 is 35.7 Å². The molecule has 0 aliphatic carbocycles. The predicted octanol–water partition coefficient (Wildman–Crippen LogP) is 3.40. The molecule has 0 spiro atoms. The van der Waals surface area contributed by atoms with Crippen LogP contribution >= 0.6 is 11.6 Å². The summed E-state index contributed by atoms with van der Waals surface area (Å²) in [6.07, 6.45) is -1.89. The zero-order valence-electron chi connectivity index (χ0n) is 20.6. The van der Waals surface area contributed by atoms with E-state index in [4.69, 9.17) is 21.1 Å². The number of H-pyrrole nitrogens is 1. The van der Waals surface area contributed by atoms with E-state index in [0.717, 1.165) is 16.7 Å². The number of benzene rings is 3. The van der Waals surface area contributed by atoms with Crippen molar-refractivity contribution in [3.05, 3.63) is 130 Å². The maximum atomic E-state index is 12.1. The lowest BCUT2D eigenvalue weighted by Gasteiger charge is -2.37. The van der Waals surface area contributed by atoms with Gasteiger partial charge in [0.05, 0.1) is 19.3 Å². The summed E-state index contributed by atoms with van der Waals surface area (Å²) in [4.78, 5) is 22.8. The summed E-state index contributed by atoms with van der Waals surface area (Å²) in [5, 5.41) is 22.5. The van der Waals surface area contributed by atoms with E-state index in [1.807, 2.05) is 72.8 Å². The van der Waals surface area contributed by atoms with Gasteiger partial charge in [-0.15, -0.1) is 0 Å². The van der Waals surface area contributed by atoms with Gasteiger partial charge in [-0.05, 0) is 28.8 Å². The molecule has 3 aromatic carbocycles. The highest BCUT2D eigenvalue weighted by Gasteiger charge is 2.46. The highest BCUT2D eigenvalue weighted by atomic mass is 35.5.